The Bertz CT molecular complexity index is 1730. The van der Waals surface area contributed by atoms with Gasteiger partial charge in [-0.2, -0.15) is 8.78 Å². The minimum atomic E-state index is -4.80. The second kappa shape index (κ2) is 11.8. The third kappa shape index (κ3) is 5.91. The molecular weight excluding hydrogens is 596 g/mol. The molecule has 0 N–H and O–H groups in total. The molecule has 5 rings (SSSR count). The number of carbonyl (C=O) groups excluding carboxylic acids is 1. The third-order valence-electron chi connectivity index (χ3n) is 7.39. The lowest BCUT2D eigenvalue weighted by Gasteiger charge is -2.20. The molecule has 228 valence electrons. The molecule has 0 fully saturated rings. The van der Waals surface area contributed by atoms with Crippen LogP contribution < -0.4 is 9.47 Å². The van der Waals surface area contributed by atoms with Crippen LogP contribution in [0.4, 0.5) is 35.1 Å². The molecule has 0 aliphatic heterocycles. The molecule has 0 aromatic heterocycles. The van der Waals surface area contributed by atoms with E-state index in [1.54, 1.807) is 12.1 Å². The molecule has 0 saturated carbocycles. The molecule has 1 aliphatic rings. The van der Waals surface area contributed by atoms with Crippen molar-refractivity contribution in [3.63, 3.8) is 0 Å². The number of fused-ring (bicyclic) bond motifs is 1. The van der Waals surface area contributed by atoms with Gasteiger partial charge in [-0.05, 0) is 59.7 Å². The highest BCUT2D eigenvalue weighted by Gasteiger charge is 2.42. The normalized spacial score (nSPS) is 14.3. The van der Waals surface area contributed by atoms with Gasteiger partial charge in [0, 0.05) is 29.8 Å². The molecule has 3 nitrogen and oxygen atoms in total. The van der Waals surface area contributed by atoms with Crippen molar-refractivity contribution >= 4 is 12.0 Å². The predicted octanol–water partition coefficient (Wildman–Crippen LogP) is 9.30. The number of benzene rings is 4. The van der Waals surface area contributed by atoms with Crippen LogP contribution in [0.3, 0.4) is 0 Å². The SMILES string of the molecule is C=Cc1c(F)cc(OC(F)(F)c2c(F)cc(-c3c(F)cc(OC(=O)c4ccc5c(c4)CC(CC)C5)cc3F)cc2F)cc1F. The minimum absolute atomic E-state index is 0.162. The van der Waals surface area contributed by atoms with E-state index in [1.165, 1.54) is 6.07 Å². The molecule has 1 aliphatic carbocycles. The van der Waals surface area contributed by atoms with E-state index in [9.17, 15) is 31.1 Å². The van der Waals surface area contributed by atoms with E-state index < -0.39 is 80.7 Å². The van der Waals surface area contributed by atoms with Gasteiger partial charge in [0.2, 0.25) is 0 Å². The number of hydrogen-bond acceptors (Lipinski definition) is 3. The van der Waals surface area contributed by atoms with Gasteiger partial charge >= 0.3 is 12.1 Å². The largest absolute Gasteiger partial charge is 0.432 e. The van der Waals surface area contributed by atoms with Crippen molar-refractivity contribution in [2.75, 3.05) is 0 Å². The molecule has 11 heteroatoms. The van der Waals surface area contributed by atoms with Gasteiger partial charge in [0.25, 0.3) is 0 Å². The first-order chi connectivity index (χ1) is 20.8. The lowest BCUT2D eigenvalue weighted by atomic mass is 10.0. The van der Waals surface area contributed by atoms with Crippen LogP contribution in [0.25, 0.3) is 17.2 Å². The Hall–Kier alpha value is -4.67. The van der Waals surface area contributed by atoms with Crippen LogP contribution in [0, 0.1) is 40.8 Å². The number of alkyl halides is 2. The summed E-state index contributed by atoms with van der Waals surface area (Å²) in [7, 11) is 0. The average molecular weight is 619 g/mol. The summed E-state index contributed by atoms with van der Waals surface area (Å²) in [6.07, 6.45) is -1.37. The Labute approximate surface area is 246 Å². The van der Waals surface area contributed by atoms with Crippen molar-refractivity contribution in [2.24, 2.45) is 5.92 Å². The quantitative estimate of drug-likeness (QED) is 0.112. The zero-order chi connectivity index (χ0) is 31.9. The van der Waals surface area contributed by atoms with Crippen LogP contribution >= 0.6 is 0 Å². The summed E-state index contributed by atoms with van der Waals surface area (Å²) in [4.78, 5) is 12.7. The maximum Gasteiger partial charge on any atom is 0.432 e. The van der Waals surface area contributed by atoms with E-state index >= 15 is 8.78 Å². The van der Waals surface area contributed by atoms with Crippen LogP contribution in [-0.4, -0.2) is 5.97 Å². The first-order valence-electron chi connectivity index (χ1n) is 13.3. The van der Waals surface area contributed by atoms with Crippen molar-refractivity contribution in [2.45, 2.75) is 32.3 Å². The van der Waals surface area contributed by atoms with E-state index in [2.05, 4.69) is 18.2 Å². The second-order valence-corrected chi connectivity index (χ2v) is 10.3. The average Bonchev–Trinajstić information content (AvgIpc) is 3.34. The van der Waals surface area contributed by atoms with Crippen LogP contribution in [0.15, 0.2) is 61.2 Å². The molecule has 4 aromatic rings. The molecule has 1 unspecified atom stereocenters. The van der Waals surface area contributed by atoms with Gasteiger partial charge in [0.05, 0.1) is 11.1 Å². The summed E-state index contributed by atoms with van der Waals surface area (Å²) in [6, 6.07) is 7.40. The number of ether oxygens (including phenoxy) is 2. The topological polar surface area (TPSA) is 35.5 Å². The smallest absolute Gasteiger partial charge is 0.429 e. The van der Waals surface area contributed by atoms with Gasteiger partial charge < -0.3 is 9.47 Å². The molecule has 0 bridgehead atoms. The van der Waals surface area contributed by atoms with Crippen molar-refractivity contribution in [1.82, 2.24) is 0 Å². The summed E-state index contributed by atoms with van der Waals surface area (Å²) in [5.74, 6) is -11.5. The van der Waals surface area contributed by atoms with Gasteiger partial charge in [-0.3, -0.25) is 0 Å². The fourth-order valence-electron chi connectivity index (χ4n) is 5.18. The maximum atomic E-state index is 15.0. The van der Waals surface area contributed by atoms with E-state index in [-0.39, 0.29) is 17.7 Å². The van der Waals surface area contributed by atoms with Crippen LogP contribution in [0.2, 0.25) is 0 Å². The Kier molecular flexibility index (Phi) is 8.24. The summed E-state index contributed by atoms with van der Waals surface area (Å²) in [5, 5.41) is 0. The van der Waals surface area contributed by atoms with Gasteiger partial charge in [0.1, 0.15) is 52.0 Å². The standard InChI is InChI=1S/C33H22F8O3/c1-3-16-7-17-5-6-18(9-19(17)8-16)32(42)43-21-12-26(36)30(27(37)13-21)20-10-28(38)31(29(39)11-20)33(40,41)44-22-14-24(34)23(4-2)25(35)15-22/h4-6,9-16H,2-3,7-8H2,1H3. The van der Waals surface area contributed by atoms with E-state index in [4.69, 9.17) is 4.74 Å². The zero-order valence-electron chi connectivity index (χ0n) is 22.9. The lowest BCUT2D eigenvalue weighted by molar-refractivity contribution is -0.189. The highest BCUT2D eigenvalue weighted by molar-refractivity contribution is 5.91. The Morgan fingerprint density at radius 1 is 0.818 bits per heavy atom. The molecular formula is C33H22F8O3. The van der Waals surface area contributed by atoms with Crippen molar-refractivity contribution in [1.29, 1.82) is 0 Å². The molecule has 0 amide bonds. The molecule has 0 radical (unpaired) electrons. The molecule has 0 spiro atoms. The van der Waals surface area contributed by atoms with E-state index in [0.717, 1.165) is 36.5 Å². The first kappa shape index (κ1) is 30.8. The zero-order valence-corrected chi connectivity index (χ0v) is 22.9. The third-order valence-corrected chi connectivity index (χ3v) is 7.39. The van der Waals surface area contributed by atoms with E-state index in [0.29, 0.717) is 30.2 Å². The number of hydrogen-bond donors (Lipinski definition) is 0. The van der Waals surface area contributed by atoms with Crippen molar-refractivity contribution in [3.05, 3.63) is 124 Å². The first-order valence-corrected chi connectivity index (χ1v) is 13.3. The fraction of sp³-hybridized carbons (Fsp3) is 0.182. The van der Waals surface area contributed by atoms with Crippen LogP contribution in [0.1, 0.15) is 46.0 Å². The highest BCUT2D eigenvalue weighted by Crippen LogP contribution is 2.39. The summed E-state index contributed by atoms with van der Waals surface area (Å²) in [5.41, 5.74) is -2.16. The van der Waals surface area contributed by atoms with Gasteiger partial charge in [-0.25, -0.2) is 31.1 Å². The van der Waals surface area contributed by atoms with Crippen LogP contribution in [-0.2, 0) is 19.0 Å². The van der Waals surface area contributed by atoms with E-state index in [1.807, 2.05) is 0 Å². The summed E-state index contributed by atoms with van der Waals surface area (Å²) < 4.78 is 126. The number of halogens is 8. The van der Waals surface area contributed by atoms with Crippen molar-refractivity contribution < 1.29 is 49.4 Å². The lowest BCUT2D eigenvalue weighted by Crippen LogP contribution is -2.25. The molecule has 0 heterocycles. The summed E-state index contributed by atoms with van der Waals surface area (Å²) in [6.45, 7) is 5.24. The monoisotopic (exact) mass is 618 g/mol. The van der Waals surface area contributed by atoms with Crippen molar-refractivity contribution in [3.8, 4) is 22.6 Å². The number of rotatable bonds is 8. The highest BCUT2D eigenvalue weighted by atomic mass is 19.3. The van der Waals surface area contributed by atoms with Crippen LogP contribution in [0.5, 0.6) is 11.5 Å². The minimum Gasteiger partial charge on any atom is -0.429 e. The Morgan fingerprint density at radius 2 is 1.39 bits per heavy atom. The number of carbonyl (C=O) groups is 1. The van der Waals surface area contributed by atoms with Gasteiger partial charge in [-0.15, -0.1) is 0 Å². The summed E-state index contributed by atoms with van der Waals surface area (Å²) >= 11 is 0. The Balaban J connectivity index is 1.39. The number of esters is 1. The molecule has 44 heavy (non-hydrogen) atoms. The maximum absolute atomic E-state index is 15.0. The Morgan fingerprint density at radius 3 is 1.95 bits per heavy atom. The molecule has 1 atom stereocenters. The second-order valence-electron chi connectivity index (χ2n) is 10.3. The molecule has 0 saturated heterocycles. The predicted molar refractivity (Wildman–Crippen MR) is 145 cm³/mol. The van der Waals surface area contributed by atoms with Gasteiger partial charge in [0.15, 0.2) is 0 Å². The molecule has 4 aromatic carbocycles. The fourth-order valence-corrected chi connectivity index (χ4v) is 5.18. The van der Waals surface area contributed by atoms with Gasteiger partial charge in [-0.1, -0.05) is 32.1 Å².